The van der Waals surface area contributed by atoms with Crippen LogP contribution in [0.2, 0.25) is 0 Å². The predicted octanol–water partition coefficient (Wildman–Crippen LogP) is 0.465. The van der Waals surface area contributed by atoms with E-state index in [0.717, 1.165) is 0 Å². The van der Waals surface area contributed by atoms with Crippen molar-refractivity contribution >= 4 is 9.84 Å². The molecule has 0 saturated heterocycles. The van der Waals surface area contributed by atoms with E-state index in [1.54, 1.807) is 25.4 Å². The summed E-state index contributed by atoms with van der Waals surface area (Å²) in [6.07, 6.45) is 3.56. The second-order valence-electron chi connectivity index (χ2n) is 2.96. The van der Waals surface area contributed by atoms with E-state index >= 15 is 0 Å². The maximum absolute atomic E-state index is 11.6. The van der Waals surface area contributed by atoms with E-state index in [4.69, 9.17) is 0 Å². The number of nitrogens with one attached hydrogen (secondary N) is 1. The molecule has 1 aromatic rings. The van der Waals surface area contributed by atoms with Gasteiger partial charge in [0.1, 0.15) is 0 Å². The zero-order valence-electron chi connectivity index (χ0n) is 8.10. The molecule has 0 fully saturated rings. The molecule has 0 aliphatic carbocycles. The van der Waals surface area contributed by atoms with Crippen molar-refractivity contribution in [2.75, 3.05) is 19.3 Å². The van der Waals surface area contributed by atoms with Crippen molar-refractivity contribution < 1.29 is 8.42 Å². The summed E-state index contributed by atoms with van der Waals surface area (Å²) >= 11 is 0. The van der Waals surface area contributed by atoms with E-state index in [0.29, 0.717) is 17.9 Å². The number of aromatic nitrogens is 1. The van der Waals surface area contributed by atoms with Crippen LogP contribution in [0.3, 0.4) is 0 Å². The van der Waals surface area contributed by atoms with Gasteiger partial charge in [-0.25, -0.2) is 8.42 Å². The van der Waals surface area contributed by atoms with Crippen molar-refractivity contribution in [1.82, 2.24) is 10.3 Å². The third-order valence-corrected chi connectivity index (χ3v) is 3.62. The first-order valence-corrected chi connectivity index (χ1v) is 6.09. The fraction of sp³-hybridized carbons (Fsp3) is 0.444. The summed E-state index contributed by atoms with van der Waals surface area (Å²) in [7, 11) is -1.33. The second-order valence-corrected chi connectivity index (χ2v) is 5.07. The van der Waals surface area contributed by atoms with Crippen LogP contribution in [-0.4, -0.2) is 32.7 Å². The molecular weight excluding hydrogens is 200 g/mol. The third kappa shape index (κ3) is 3.08. The van der Waals surface area contributed by atoms with Crippen LogP contribution in [-0.2, 0) is 9.84 Å². The Kier molecular flexibility index (Phi) is 4.03. The molecule has 0 atom stereocenters. The highest BCUT2D eigenvalue weighted by molar-refractivity contribution is 7.91. The van der Waals surface area contributed by atoms with Crippen LogP contribution in [0.5, 0.6) is 0 Å². The van der Waals surface area contributed by atoms with Crippen molar-refractivity contribution in [3.05, 3.63) is 24.5 Å². The topological polar surface area (TPSA) is 59.1 Å². The Balaban J connectivity index is 2.67. The van der Waals surface area contributed by atoms with Crippen LogP contribution in [0.25, 0.3) is 0 Å². The van der Waals surface area contributed by atoms with Crippen LogP contribution >= 0.6 is 0 Å². The number of pyridine rings is 1. The van der Waals surface area contributed by atoms with Crippen LogP contribution in [0.1, 0.15) is 6.42 Å². The molecule has 0 aliphatic rings. The molecule has 1 heterocycles. The average Bonchev–Trinajstić information content (AvgIpc) is 2.19. The van der Waals surface area contributed by atoms with Gasteiger partial charge in [0, 0.05) is 12.4 Å². The van der Waals surface area contributed by atoms with Gasteiger partial charge < -0.3 is 5.32 Å². The summed E-state index contributed by atoms with van der Waals surface area (Å²) in [6.45, 7) is 0.708. The lowest BCUT2D eigenvalue weighted by atomic mass is 10.5. The SMILES string of the molecule is CNCCCS(=O)(=O)c1cccnc1. The van der Waals surface area contributed by atoms with E-state index in [1.165, 1.54) is 6.20 Å². The van der Waals surface area contributed by atoms with Crippen LogP contribution in [0.4, 0.5) is 0 Å². The van der Waals surface area contributed by atoms with Gasteiger partial charge in [-0.3, -0.25) is 4.98 Å². The third-order valence-electron chi connectivity index (χ3n) is 1.83. The first-order chi connectivity index (χ1) is 6.67. The molecule has 0 spiro atoms. The van der Waals surface area contributed by atoms with Gasteiger partial charge in [-0.2, -0.15) is 0 Å². The smallest absolute Gasteiger partial charge is 0.179 e. The molecule has 0 aromatic carbocycles. The van der Waals surface area contributed by atoms with Crippen molar-refractivity contribution in [2.45, 2.75) is 11.3 Å². The van der Waals surface area contributed by atoms with Gasteiger partial charge in [-0.15, -0.1) is 0 Å². The lowest BCUT2D eigenvalue weighted by Gasteiger charge is -2.02. The maximum atomic E-state index is 11.6. The van der Waals surface area contributed by atoms with Crippen LogP contribution in [0, 0.1) is 0 Å². The highest BCUT2D eigenvalue weighted by Crippen LogP contribution is 2.09. The molecule has 0 radical (unpaired) electrons. The fourth-order valence-corrected chi connectivity index (χ4v) is 2.36. The first-order valence-electron chi connectivity index (χ1n) is 4.44. The minimum atomic E-state index is -3.14. The Bertz CT molecular complexity index is 362. The maximum Gasteiger partial charge on any atom is 0.179 e. The molecular formula is C9H14N2O2S. The highest BCUT2D eigenvalue weighted by Gasteiger charge is 2.12. The Labute approximate surface area is 84.3 Å². The summed E-state index contributed by atoms with van der Waals surface area (Å²) in [5.41, 5.74) is 0. The lowest BCUT2D eigenvalue weighted by Crippen LogP contribution is -2.14. The predicted molar refractivity (Wildman–Crippen MR) is 54.8 cm³/mol. The largest absolute Gasteiger partial charge is 0.320 e. The molecule has 0 saturated carbocycles. The van der Waals surface area contributed by atoms with Crippen molar-refractivity contribution in [1.29, 1.82) is 0 Å². The summed E-state index contributed by atoms with van der Waals surface area (Å²) in [5, 5.41) is 2.91. The molecule has 4 nitrogen and oxygen atoms in total. The van der Waals surface area contributed by atoms with E-state index < -0.39 is 9.84 Å². The average molecular weight is 214 g/mol. The summed E-state index contributed by atoms with van der Waals surface area (Å²) < 4.78 is 23.3. The number of rotatable bonds is 5. The Morgan fingerprint density at radius 1 is 1.50 bits per heavy atom. The van der Waals surface area contributed by atoms with Gasteiger partial charge in [0.2, 0.25) is 0 Å². The van der Waals surface area contributed by atoms with Gasteiger partial charge >= 0.3 is 0 Å². The normalized spacial score (nSPS) is 11.5. The zero-order valence-corrected chi connectivity index (χ0v) is 8.92. The summed E-state index contributed by atoms with van der Waals surface area (Å²) in [6, 6.07) is 3.20. The van der Waals surface area contributed by atoms with Crippen LogP contribution in [0.15, 0.2) is 29.4 Å². The molecule has 78 valence electrons. The molecule has 1 rings (SSSR count). The Morgan fingerprint density at radius 3 is 2.86 bits per heavy atom. The van der Waals surface area contributed by atoms with Crippen molar-refractivity contribution in [3.8, 4) is 0 Å². The van der Waals surface area contributed by atoms with Gasteiger partial charge in [0.25, 0.3) is 0 Å². The number of hydrogen-bond donors (Lipinski definition) is 1. The molecule has 0 amide bonds. The standard InChI is InChI=1S/C9H14N2O2S/c1-10-5-3-7-14(12,13)9-4-2-6-11-8-9/h2,4,6,8,10H,3,5,7H2,1H3. The molecule has 14 heavy (non-hydrogen) atoms. The number of sulfone groups is 1. The van der Waals surface area contributed by atoms with Crippen molar-refractivity contribution in [2.24, 2.45) is 0 Å². The quantitative estimate of drug-likeness (QED) is 0.724. The van der Waals surface area contributed by atoms with E-state index in [-0.39, 0.29) is 5.75 Å². The summed E-state index contributed by atoms with van der Waals surface area (Å²) in [5.74, 6) is 0.166. The first kappa shape index (κ1) is 11.1. The number of hydrogen-bond acceptors (Lipinski definition) is 4. The zero-order chi connectivity index (χ0) is 10.4. The van der Waals surface area contributed by atoms with Crippen molar-refractivity contribution in [3.63, 3.8) is 0 Å². The molecule has 1 aromatic heterocycles. The monoisotopic (exact) mass is 214 g/mol. The summed E-state index contributed by atoms with van der Waals surface area (Å²) in [4.78, 5) is 4.09. The molecule has 0 bridgehead atoms. The van der Waals surface area contributed by atoms with Gasteiger partial charge in [0.15, 0.2) is 9.84 Å². The van der Waals surface area contributed by atoms with Gasteiger partial charge in [0.05, 0.1) is 10.6 Å². The van der Waals surface area contributed by atoms with E-state index in [9.17, 15) is 8.42 Å². The minimum absolute atomic E-state index is 0.166. The Hall–Kier alpha value is -0.940. The highest BCUT2D eigenvalue weighted by atomic mass is 32.2. The molecule has 0 aliphatic heterocycles. The van der Waals surface area contributed by atoms with Gasteiger partial charge in [-0.1, -0.05) is 0 Å². The second kappa shape index (κ2) is 5.07. The molecule has 5 heteroatoms. The van der Waals surface area contributed by atoms with Crippen LogP contribution < -0.4 is 5.32 Å². The molecule has 1 N–H and O–H groups in total. The lowest BCUT2D eigenvalue weighted by molar-refractivity contribution is 0.591. The van der Waals surface area contributed by atoms with E-state index in [2.05, 4.69) is 10.3 Å². The minimum Gasteiger partial charge on any atom is -0.320 e. The number of nitrogens with zero attached hydrogens (tertiary/aromatic N) is 1. The van der Waals surface area contributed by atoms with Gasteiger partial charge in [-0.05, 0) is 32.1 Å². The molecule has 0 unspecified atom stereocenters. The van der Waals surface area contributed by atoms with E-state index in [1.807, 2.05) is 0 Å². The fourth-order valence-electron chi connectivity index (χ4n) is 1.09. The Morgan fingerprint density at radius 2 is 2.29 bits per heavy atom.